The Morgan fingerprint density at radius 2 is 1.96 bits per heavy atom. The Kier molecular flexibility index (Phi) is 5.78. The van der Waals surface area contributed by atoms with Crippen LogP contribution >= 0.6 is 0 Å². The van der Waals surface area contributed by atoms with Gasteiger partial charge in [-0.25, -0.2) is 0 Å². The van der Waals surface area contributed by atoms with Gasteiger partial charge in [-0.2, -0.15) is 0 Å². The monoisotopic (exact) mass is 354 g/mol. The molecule has 0 radical (unpaired) electrons. The Balaban J connectivity index is 1.73. The Morgan fingerprint density at radius 3 is 2.73 bits per heavy atom. The van der Waals surface area contributed by atoms with Crippen molar-refractivity contribution in [2.45, 2.75) is 31.7 Å². The summed E-state index contributed by atoms with van der Waals surface area (Å²) in [4.78, 5) is 29.5. The second-order valence-electron chi connectivity index (χ2n) is 6.36. The van der Waals surface area contributed by atoms with E-state index in [1.165, 1.54) is 6.07 Å². The van der Waals surface area contributed by atoms with Crippen molar-refractivity contribution in [2.24, 2.45) is 0 Å². The number of nitro benzene ring substituents is 1. The number of hydrogen-bond acceptors (Lipinski definition) is 5. The van der Waals surface area contributed by atoms with E-state index in [0.29, 0.717) is 12.2 Å². The smallest absolute Gasteiger partial charge is 0.292 e. The molecule has 0 spiro atoms. The molecule has 3 rings (SSSR count). The lowest BCUT2D eigenvalue weighted by Crippen LogP contribution is -2.38. The highest BCUT2D eigenvalue weighted by molar-refractivity contribution is 5.82. The SMILES string of the molecule is O=C(CNc1ccccc1[N+](=O)[O-])N1CCCCC[C@@H]1c1ccncc1. The van der Waals surface area contributed by atoms with Crippen molar-refractivity contribution in [3.8, 4) is 0 Å². The molecule has 0 aliphatic carbocycles. The zero-order valence-electron chi connectivity index (χ0n) is 14.5. The highest BCUT2D eigenvalue weighted by Crippen LogP contribution is 2.30. The second kappa shape index (κ2) is 8.42. The number of carbonyl (C=O) groups is 1. The van der Waals surface area contributed by atoms with Crippen LogP contribution in [0.15, 0.2) is 48.8 Å². The van der Waals surface area contributed by atoms with Gasteiger partial charge in [-0.05, 0) is 36.6 Å². The molecule has 1 aliphatic heterocycles. The maximum atomic E-state index is 12.9. The van der Waals surface area contributed by atoms with Crippen LogP contribution in [0.4, 0.5) is 11.4 Å². The summed E-state index contributed by atoms with van der Waals surface area (Å²) in [5.41, 5.74) is 1.42. The number of anilines is 1. The van der Waals surface area contributed by atoms with Gasteiger partial charge >= 0.3 is 0 Å². The molecule has 1 aromatic carbocycles. The maximum absolute atomic E-state index is 12.9. The van der Waals surface area contributed by atoms with Crippen LogP contribution in [0.1, 0.15) is 37.3 Å². The van der Waals surface area contributed by atoms with Gasteiger partial charge in [-0.15, -0.1) is 0 Å². The van der Waals surface area contributed by atoms with Crippen molar-refractivity contribution in [2.75, 3.05) is 18.4 Å². The Hall–Kier alpha value is -2.96. The van der Waals surface area contributed by atoms with E-state index in [0.717, 1.165) is 31.2 Å². The van der Waals surface area contributed by atoms with E-state index < -0.39 is 4.92 Å². The van der Waals surface area contributed by atoms with E-state index in [1.807, 2.05) is 17.0 Å². The van der Waals surface area contributed by atoms with Gasteiger partial charge in [0.05, 0.1) is 17.5 Å². The zero-order chi connectivity index (χ0) is 18.4. The molecule has 1 amide bonds. The number of benzene rings is 1. The fourth-order valence-electron chi connectivity index (χ4n) is 3.39. The highest BCUT2D eigenvalue weighted by Gasteiger charge is 2.26. The van der Waals surface area contributed by atoms with Gasteiger partial charge in [-0.1, -0.05) is 25.0 Å². The van der Waals surface area contributed by atoms with E-state index in [9.17, 15) is 14.9 Å². The Morgan fingerprint density at radius 1 is 1.19 bits per heavy atom. The molecule has 1 N–H and O–H groups in total. The molecule has 0 unspecified atom stereocenters. The van der Waals surface area contributed by atoms with Gasteiger partial charge in [0.1, 0.15) is 5.69 Å². The highest BCUT2D eigenvalue weighted by atomic mass is 16.6. The molecule has 1 saturated heterocycles. The normalized spacial score (nSPS) is 17.4. The molecule has 2 aromatic rings. The lowest BCUT2D eigenvalue weighted by molar-refractivity contribution is -0.383. The fraction of sp³-hybridized carbons (Fsp3) is 0.368. The van der Waals surface area contributed by atoms with Crippen LogP contribution in [0.5, 0.6) is 0 Å². The fourth-order valence-corrected chi connectivity index (χ4v) is 3.39. The summed E-state index contributed by atoms with van der Waals surface area (Å²) >= 11 is 0. The zero-order valence-corrected chi connectivity index (χ0v) is 14.5. The first kappa shape index (κ1) is 17.8. The second-order valence-corrected chi connectivity index (χ2v) is 6.36. The van der Waals surface area contributed by atoms with Crippen molar-refractivity contribution < 1.29 is 9.72 Å². The number of pyridine rings is 1. The van der Waals surface area contributed by atoms with Gasteiger partial charge in [0.25, 0.3) is 5.69 Å². The van der Waals surface area contributed by atoms with Gasteiger partial charge in [0, 0.05) is 25.0 Å². The number of aromatic nitrogens is 1. The molecule has 2 heterocycles. The quantitative estimate of drug-likeness (QED) is 0.655. The summed E-state index contributed by atoms with van der Waals surface area (Å²) in [7, 11) is 0. The van der Waals surface area contributed by atoms with Gasteiger partial charge < -0.3 is 10.2 Å². The van der Waals surface area contributed by atoms with E-state index >= 15 is 0 Å². The molecular formula is C19H22N4O3. The van der Waals surface area contributed by atoms with Crippen LogP contribution in [0.2, 0.25) is 0 Å². The van der Waals surface area contributed by atoms with E-state index in [2.05, 4.69) is 10.3 Å². The molecule has 7 heteroatoms. The molecule has 1 aliphatic rings. The van der Waals surface area contributed by atoms with Crippen LogP contribution in [-0.4, -0.2) is 33.8 Å². The summed E-state index contributed by atoms with van der Waals surface area (Å²) in [6.45, 7) is 0.733. The first-order valence-corrected chi connectivity index (χ1v) is 8.83. The molecule has 1 fully saturated rings. The van der Waals surface area contributed by atoms with Crippen LogP contribution in [0, 0.1) is 10.1 Å². The minimum Gasteiger partial charge on any atom is -0.371 e. The first-order chi connectivity index (χ1) is 12.7. The van der Waals surface area contributed by atoms with E-state index in [4.69, 9.17) is 0 Å². The van der Waals surface area contributed by atoms with E-state index in [-0.39, 0.29) is 24.2 Å². The number of likely N-dealkylation sites (tertiary alicyclic amines) is 1. The van der Waals surface area contributed by atoms with Crippen LogP contribution in [-0.2, 0) is 4.79 Å². The largest absolute Gasteiger partial charge is 0.371 e. The summed E-state index contributed by atoms with van der Waals surface area (Å²) in [5, 5.41) is 14.1. The van der Waals surface area contributed by atoms with E-state index in [1.54, 1.807) is 30.6 Å². The minimum absolute atomic E-state index is 0.0261. The van der Waals surface area contributed by atoms with Crippen molar-refractivity contribution in [1.29, 1.82) is 0 Å². The Bertz CT molecular complexity index is 766. The number of rotatable bonds is 5. The number of hydrogen-bond donors (Lipinski definition) is 1. The number of nitro groups is 1. The third kappa shape index (κ3) is 4.17. The molecule has 26 heavy (non-hydrogen) atoms. The number of nitrogens with zero attached hydrogens (tertiary/aromatic N) is 3. The average molecular weight is 354 g/mol. The molecule has 7 nitrogen and oxygen atoms in total. The molecular weight excluding hydrogens is 332 g/mol. The summed E-state index contributed by atoms with van der Waals surface area (Å²) < 4.78 is 0. The topological polar surface area (TPSA) is 88.4 Å². The van der Waals surface area contributed by atoms with Crippen molar-refractivity contribution >= 4 is 17.3 Å². The third-order valence-electron chi connectivity index (χ3n) is 4.69. The molecule has 136 valence electrons. The predicted octanol–water partition coefficient (Wildman–Crippen LogP) is 3.55. The average Bonchev–Trinajstić information content (AvgIpc) is 2.93. The maximum Gasteiger partial charge on any atom is 0.292 e. The Labute approximate surface area is 152 Å². The number of amides is 1. The van der Waals surface area contributed by atoms with Gasteiger partial charge in [0.2, 0.25) is 5.91 Å². The van der Waals surface area contributed by atoms with Crippen LogP contribution in [0.3, 0.4) is 0 Å². The predicted molar refractivity (Wildman–Crippen MR) is 98.7 cm³/mol. The summed E-state index contributed by atoms with van der Waals surface area (Å²) in [6.07, 6.45) is 7.56. The van der Waals surface area contributed by atoms with Gasteiger partial charge in [-0.3, -0.25) is 19.9 Å². The molecule has 1 atom stereocenters. The lowest BCUT2D eigenvalue weighted by atomic mass is 10.0. The van der Waals surface area contributed by atoms with Crippen molar-refractivity contribution in [1.82, 2.24) is 9.88 Å². The number of carbonyl (C=O) groups excluding carboxylic acids is 1. The number of para-hydroxylation sites is 2. The van der Waals surface area contributed by atoms with Crippen molar-refractivity contribution in [3.05, 3.63) is 64.5 Å². The van der Waals surface area contributed by atoms with Crippen LogP contribution < -0.4 is 5.32 Å². The summed E-state index contributed by atoms with van der Waals surface area (Å²) in [6, 6.07) is 10.3. The molecule has 0 bridgehead atoms. The summed E-state index contributed by atoms with van der Waals surface area (Å²) in [5.74, 6) is -0.0492. The van der Waals surface area contributed by atoms with Crippen molar-refractivity contribution in [3.63, 3.8) is 0 Å². The lowest BCUT2D eigenvalue weighted by Gasteiger charge is -2.30. The molecule has 0 saturated carbocycles. The third-order valence-corrected chi connectivity index (χ3v) is 4.69. The first-order valence-electron chi connectivity index (χ1n) is 8.83. The van der Waals surface area contributed by atoms with Gasteiger partial charge in [0.15, 0.2) is 0 Å². The van der Waals surface area contributed by atoms with Crippen LogP contribution in [0.25, 0.3) is 0 Å². The molecule has 1 aromatic heterocycles. The number of nitrogens with one attached hydrogen (secondary N) is 1. The standard InChI is InChI=1S/C19H22N4O3/c24-19(14-21-16-6-3-4-8-18(16)23(25)26)22-13-5-1-2-7-17(22)15-9-11-20-12-10-15/h3-4,6,8-12,17,21H,1-2,5,7,13-14H2/t17-/m1/s1. The minimum atomic E-state index is -0.446.